The number of fused-ring (bicyclic) bond motifs is 1. The summed E-state index contributed by atoms with van der Waals surface area (Å²) in [5.74, 6) is 2.41. The van der Waals surface area contributed by atoms with E-state index in [1.807, 2.05) is 18.2 Å². The van der Waals surface area contributed by atoms with Gasteiger partial charge in [0.05, 0.1) is 7.11 Å². The van der Waals surface area contributed by atoms with Crippen LogP contribution in [0.25, 0.3) is 0 Å². The molecule has 150 valence electrons. The summed E-state index contributed by atoms with van der Waals surface area (Å²) in [5, 5.41) is 10.6. The molecule has 28 heavy (non-hydrogen) atoms. The lowest BCUT2D eigenvalue weighted by molar-refractivity contribution is 0.0250. The maximum atomic E-state index is 12.9. The lowest BCUT2D eigenvalue weighted by Gasteiger charge is -2.55. The number of hydrogen-bond donors (Lipinski definition) is 2. The van der Waals surface area contributed by atoms with Gasteiger partial charge in [-0.05, 0) is 48.4 Å². The minimum Gasteiger partial charge on any atom is -0.497 e. The quantitative estimate of drug-likeness (QED) is 0.824. The molecule has 0 spiro atoms. The number of nitrogens with one attached hydrogen (secondary N) is 2. The summed E-state index contributed by atoms with van der Waals surface area (Å²) >= 11 is 0. The molecule has 0 bridgehead atoms. The predicted octanol–water partition coefficient (Wildman–Crippen LogP) is 4.42. The maximum absolute atomic E-state index is 12.9. The Kier molecular flexibility index (Phi) is 4.94. The van der Waals surface area contributed by atoms with Crippen molar-refractivity contribution in [3.8, 4) is 5.75 Å². The predicted molar refractivity (Wildman–Crippen MR) is 110 cm³/mol. The van der Waals surface area contributed by atoms with E-state index >= 15 is 0 Å². The first-order chi connectivity index (χ1) is 13.4. The molecule has 2 fully saturated rings. The zero-order valence-electron chi connectivity index (χ0n) is 17.3. The Balaban J connectivity index is 1.53. The zero-order valence-corrected chi connectivity index (χ0v) is 17.3. The summed E-state index contributed by atoms with van der Waals surface area (Å²) < 4.78 is 5.30. The average Bonchev–Trinajstić information content (AvgIpc) is 3.18. The Morgan fingerprint density at radius 3 is 2.43 bits per heavy atom. The number of H-pyrrole nitrogens is 1. The number of methoxy groups -OCH3 is 1. The lowest BCUT2D eigenvalue weighted by Crippen LogP contribution is -2.59. The van der Waals surface area contributed by atoms with Gasteiger partial charge < -0.3 is 10.1 Å². The van der Waals surface area contributed by atoms with Gasteiger partial charge in [-0.3, -0.25) is 9.89 Å². The van der Waals surface area contributed by atoms with Crippen LogP contribution >= 0.6 is 0 Å². The van der Waals surface area contributed by atoms with Gasteiger partial charge in [-0.1, -0.05) is 45.7 Å². The molecular weight excluding hydrogens is 350 g/mol. The molecule has 1 aromatic heterocycles. The first kappa shape index (κ1) is 19.0. The molecule has 2 aliphatic carbocycles. The standard InChI is InChI=1S/C23H31N3O2/c1-23(2,3)19-13-18(25-26-19)22(27)24-21-17-8-6-5-7-16(17)20(21)14-9-11-15(28-4)12-10-14/h9-13,16-17,20-21H,5-8H2,1-4H3,(H,24,27)(H,25,26)/t16?,17?,20-,21-/m0/s1. The average molecular weight is 382 g/mol. The lowest BCUT2D eigenvalue weighted by atomic mass is 9.53. The summed E-state index contributed by atoms with van der Waals surface area (Å²) in [7, 11) is 1.69. The molecule has 4 atom stereocenters. The highest BCUT2D eigenvalue weighted by Crippen LogP contribution is 2.54. The van der Waals surface area contributed by atoms with Crippen LogP contribution < -0.4 is 10.1 Å². The number of hydrogen-bond acceptors (Lipinski definition) is 3. The SMILES string of the molecule is COc1ccc([C@H]2C3CCCCC3[C@@H]2NC(=O)c2cc(C(C)(C)C)[nH]n2)cc1. The Bertz CT molecular complexity index is 834. The summed E-state index contributed by atoms with van der Waals surface area (Å²) in [6.45, 7) is 6.33. The number of aromatic amines is 1. The number of rotatable bonds is 4. The van der Waals surface area contributed by atoms with E-state index in [0.717, 1.165) is 11.4 Å². The van der Waals surface area contributed by atoms with E-state index in [9.17, 15) is 4.79 Å². The molecular formula is C23H31N3O2. The van der Waals surface area contributed by atoms with Crippen molar-refractivity contribution in [1.82, 2.24) is 15.5 Å². The van der Waals surface area contributed by atoms with E-state index in [4.69, 9.17) is 4.74 Å². The molecule has 5 heteroatoms. The summed E-state index contributed by atoms with van der Waals surface area (Å²) in [4.78, 5) is 12.9. The zero-order chi connectivity index (χ0) is 19.9. The van der Waals surface area contributed by atoms with Gasteiger partial charge in [-0.2, -0.15) is 5.10 Å². The van der Waals surface area contributed by atoms with Gasteiger partial charge in [-0.15, -0.1) is 0 Å². The monoisotopic (exact) mass is 381 g/mol. The van der Waals surface area contributed by atoms with Gasteiger partial charge in [0.1, 0.15) is 11.4 Å². The highest BCUT2D eigenvalue weighted by Gasteiger charge is 2.51. The van der Waals surface area contributed by atoms with Crippen LogP contribution in [0, 0.1) is 11.8 Å². The van der Waals surface area contributed by atoms with E-state index in [-0.39, 0.29) is 17.4 Å². The minimum atomic E-state index is -0.0701. The second-order valence-corrected chi connectivity index (χ2v) is 9.33. The number of nitrogens with zero attached hydrogens (tertiary/aromatic N) is 1. The highest BCUT2D eigenvalue weighted by atomic mass is 16.5. The van der Waals surface area contributed by atoms with Crippen molar-refractivity contribution >= 4 is 5.91 Å². The van der Waals surface area contributed by atoms with Crippen molar-refractivity contribution in [3.05, 3.63) is 47.3 Å². The number of carbonyl (C=O) groups excluding carboxylic acids is 1. The van der Waals surface area contributed by atoms with Crippen molar-refractivity contribution in [3.63, 3.8) is 0 Å². The molecule has 0 aliphatic heterocycles. The van der Waals surface area contributed by atoms with Crippen molar-refractivity contribution < 1.29 is 9.53 Å². The Labute approximate surface area is 167 Å². The fourth-order valence-corrected chi connectivity index (χ4v) is 4.99. The largest absolute Gasteiger partial charge is 0.497 e. The molecule has 2 aliphatic rings. The van der Waals surface area contributed by atoms with Crippen molar-refractivity contribution in [1.29, 1.82) is 0 Å². The molecule has 2 N–H and O–H groups in total. The van der Waals surface area contributed by atoms with Gasteiger partial charge in [0.25, 0.3) is 5.91 Å². The first-order valence-electron chi connectivity index (χ1n) is 10.4. The van der Waals surface area contributed by atoms with Crippen molar-refractivity contribution in [2.75, 3.05) is 7.11 Å². The number of amides is 1. The molecule has 0 radical (unpaired) electrons. The number of carbonyl (C=O) groups is 1. The van der Waals surface area contributed by atoms with Gasteiger partial charge in [0.2, 0.25) is 0 Å². The number of aromatic nitrogens is 2. The van der Waals surface area contributed by atoms with Gasteiger partial charge in [0.15, 0.2) is 0 Å². The highest BCUT2D eigenvalue weighted by molar-refractivity contribution is 5.92. The van der Waals surface area contributed by atoms with E-state index in [1.165, 1.54) is 31.2 Å². The van der Waals surface area contributed by atoms with Gasteiger partial charge in [-0.25, -0.2) is 0 Å². The summed E-state index contributed by atoms with van der Waals surface area (Å²) in [6, 6.07) is 10.4. The summed E-state index contributed by atoms with van der Waals surface area (Å²) in [6.07, 6.45) is 5.02. The molecule has 1 aromatic carbocycles. The molecule has 1 amide bonds. The second-order valence-electron chi connectivity index (χ2n) is 9.33. The van der Waals surface area contributed by atoms with Gasteiger partial charge in [0, 0.05) is 23.1 Å². The molecule has 5 nitrogen and oxygen atoms in total. The fourth-order valence-electron chi connectivity index (χ4n) is 4.99. The van der Waals surface area contributed by atoms with Crippen LogP contribution in [0.1, 0.15) is 74.1 Å². The Morgan fingerprint density at radius 1 is 1.14 bits per heavy atom. The molecule has 2 aromatic rings. The molecule has 2 saturated carbocycles. The van der Waals surface area contributed by atoms with E-state index < -0.39 is 0 Å². The Morgan fingerprint density at radius 2 is 1.82 bits per heavy atom. The normalized spacial score (nSPS) is 26.9. The van der Waals surface area contributed by atoms with Crippen LogP contribution in [0.5, 0.6) is 5.75 Å². The summed E-state index contributed by atoms with van der Waals surface area (Å²) in [5.41, 5.74) is 2.71. The molecule has 1 heterocycles. The third-order valence-electron chi connectivity index (χ3n) is 6.60. The first-order valence-corrected chi connectivity index (χ1v) is 10.4. The van der Waals surface area contributed by atoms with Crippen LogP contribution in [0.15, 0.2) is 30.3 Å². The van der Waals surface area contributed by atoms with Crippen LogP contribution in [-0.2, 0) is 5.41 Å². The molecule has 0 saturated heterocycles. The minimum absolute atomic E-state index is 0.0535. The Hall–Kier alpha value is -2.30. The van der Waals surface area contributed by atoms with Crippen molar-refractivity contribution in [2.45, 2.75) is 63.8 Å². The molecule has 2 unspecified atom stereocenters. The van der Waals surface area contributed by atoms with Crippen LogP contribution in [0.4, 0.5) is 0 Å². The smallest absolute Gasteiger partial charge is 0.272 e. The molecule has 4 rings (SSSR count). The topological polar surface area (TPSA) is 67.0 Å². The number of ether oxygens (including phenoxy) is 1. The van der Waals surface area contributed by atoms with Crippen LogP contribution in [-0.4, -0.2) is 29.3 Å². The van der Waals surface area contributed by atoms with E-state index in [1.54, 1.807) is 7.11 Å². The fraction of sp³-hybridized carbons (Fsp3) is 0.565. The van der Waals surface area contributed by atoms with Gasteiger partial charge >= 0.3 is 0 Å². The van der Waals surface area contributed by atoms with Crippen molar-refractivity contribution in [2.24, 2.45) is 11.8 Å². The van der Waals surface area contributed by atoms with E-state index in [0.29, 0.717) is 23.4 Å². The number of benzene rings is 1. The van der Waals surface area contributed by atoms with E-state index in [2.05, 4.69) is 48.4 Å². The van der Waals surface area contributed by atoms with Crippen LogP contribution in [0.3, 0.4) is 0 Å². The second kappa shape index (κ2) is 7.26. The maximum Gasteiger partial charge on any atom is 0.272 e. The van der Waals surface area contributed by atoms with Crippen LogP contribution in [0.2, 0.25) is 0 Å². The third kappa shape index (κ3) is 3.43. The third-order valence-corrected chi connectivity index (χ3v) is 6.60.